The van der Waals surface area contributed by atoms with Crippen molar-refractivity contribution in [1.29, 1.82) is 0 Å². The van der Waals surface area contributed by atoms with Gasteiger partial charge in [-0.2, -0.15) is 0 Å². The van der Waals surface area contributed by atoms with Gasteiger partial charge >= 0.3 is 5.97 Å². The molecule has 0 heterocycles. The summed E-state index contributed by atoms with van der Waals surface area (Å²) in [7, 11) is -2.45. The molecule has 0 aromatic heterocycles. The van der Waals surface area contributed by atoms with Crippen molar-refractivity contribution in [2.45, 2.75) is 64.5 Å². The van der Waals surface area contributed by atoms with Crippen molar-refractivity contribution in [3.05, 3.63) is 96.6 Å². The molecule has 3 aromatic carbocycles. The fourth-order valence-electron chi connectivity index (χ4n) is 4.52. The van der Waals surface area contributed by atoms with E-state index in [0.717, 1.165) is 37.9 Å². The standard InChI is InChI=1S/C30H38O3Si/c1-30(2,3)34(27-19-11-7-12-20-27,28-21-13-8-14-22-28)33-24-16-5-4-15-23-29(31)32-25-26-17-9-6-10-18-26/h6-14,17-22H,4-5,15-16,23-25H2,1-3H3. The number of hydrogen-bond acceptors (Lipinski definition) is 3. The van der Waals surface area contributed by atoms with Crippen LogP contribution in [0.1, 0.15) is 58.4 Å². The van der Waals surface area contributed by atoms with Crippen LogP contribution in [0.2, 0.25) is 5.04 Å². The highest BCUT2D eigenvalue weighted by molar-refractivity contribution is 6.99. The number of hydrogen-bond donors (Lipinski definition) is 0. The fourth-order valence-corrected chi connectivity index (χ4v) is 9.13. The van der Waals surface area contributed by atoms with Gasteiger partial charge in [0.05, 0.1) is 0 Å². The number of benzene rings is 3. The third-order valence-electron chi connectivity index (χ3n) is 6.25. The van der Waals surface area contributed by atoms with Gasteiger partial charge in [-0.25, -0.2) is 0 Å². The Morgan fingerprint density at radius 1 is 0.706 bits per heavy atom. The molecule has 180 valence electrons. The van der Waals surface area contributed by atoms with E-state index in [2.05, 4.69) is 81.4 Å². The lowest BCUT2D eigenvalue weighted by molar-refractivity contribution is -0.145. The molecule has 3 rings (SSSR count). The highest BCUT2D eigenvalue weighted by atomic mass is 28.4. The summed E-state index contributed by atoms with van der Waals surface area (Å²) in [5.41, 5.74) is 1.02. The molecule has 0 saturated carbocycles. The summed E-state index contributed by atoms with van der Waals surface area (Å²) in [5.74, 6) is -0.118. The lowest BCUT2D eigenvalue weighted by atomic mass is 10.1. The highest BCUT2D eigenvalue weighted by Gasteiger charge is 2.49. The zero-order valence-electron chi connectivity index (χ0n) is 20.8. The molecule has 0 radical (unpaired) electrons. The zero-order valence-corrected chi connectivity index (χ0v) is 21.8. The van der Waals surface area contributed by atoms with Crippen molar-refractivity contribution in [3.63, 3.8) is 0 Å². The maximum Gasteiger partial charge on any atom is 0.306 e. The molecular formula is C30H38O3Si. The first-order valence-corrected chi connectivity index (χ1v) is 14.3. The van der Waals surface area contributed by atoms with Gasteiger partial charge in [-0.3, -0.25) is 4.79 Å². The molecule has 3 aromatic rings. The van der Waals surface area contributed by atoms with E-state index in [-0.39, 0.29) is 11.0 Å². The van der Waals surface area contributed by atoms with Crippen LogP contribution in [0.4, 0.5) is 0 Å². The van der Waals surface area contributed by atoms with Crippen LogP contribution >= 0.6 is 0 Å². The van der Waals surface area contributed by atoms with Crippen LogP contribution < -0.4 is 10.4 Å². The van der Waals surface area contributed by atoms with E-state index in [1.807, 2.05) is 30.3 Å². The van der Waals surface area contributed by atoms with Crippen molar-refractivity contribution in [2.24, 2.45) is 0 Å². The summed E-state index contributed by atoms with van der Waals surface area (Å²) in [6.07, 6.45) is 4.37. The third kappa shape index (κ3) is 6.91. The summed E-state index contributed by atoms with van der Waals surface area (Å²) in [6.45, 7) is 8.00. The lowest BCUT2D eigenvalue weighted by Crippen LogP contribution is -2.66. The number of carbonyl (C=O) groups excluding carboxylic acids is 1. The first kappa shape index (κ1) is 25.9. The van der Waals surface area contributed by atoms with Crippen LogP contribution in [0, 0.1) is 0 Å². The molecule has 0 N–H and O–H groups in total. The van der Waals surface area contributed by atoms with Gasteiger partial charge in [0.25, 0.3) is 8.32 Å². The van der Waals surface area contributed by atoms with Crippen LogP contribution in [0.3, 0.4) is 0 Å². The van der Waals surface area contributed by atoms with Crippen molar-refractivity contribution >= 4 is 24.7 Å². The van der Waals surface area contributed by atoms with Gasteiger partial charge in [-0.05, 0) is 33.8 Å². The lowest BCUT2D eigenvalue weighted by Gasteiger charge is -2.43. The Kier molecular flexibility index (Phi) is 9.67. The second-order valence-electron chi connectivity index (χ2n) is 9.82. The molecule has 0 fully saturated rings. The van der Waals surface area contributed by atoms with Crippen LogP contribution in [0.15, 0.2) is 91.0 Å². The summed E-state index contributed by atoms with van der Waals surface area (Å²) in [4.78, 5) is 12.0. The third-order valence-corrected chi connectivity index (χ3v) is 11.3. The molecule has 0 aliphatic carbocycles. The Morgan fingerprint density at radius 3 is 1.74 bits per heavy atom. The molecule has 0 unspecified atom stereocenters. The predicted octanol–water partition coefficient (Wildman–Crippen LogP) is 6.26. The van der Waals surface area contributed by atoms with Crippen LogP contribution in [-0.4, -0.2) is 20.9 Å². The minimum Gasteiger partial charge on any atom is -0.461 e. The van der Waals surface area contributed by atoms with Crippen LogP contribution in [-0.2, 0) is 20.6 Å². The maximum absolute atomic E-state index is 12.0. The van der Waals surface area contributed by atoms with Crippen LogP contribution in [0.25, 0.3) is 0 Å². The quantitative estimate of drug-likeness (QED) is 0.177. The van der Waals surface area contributed by atoms with Gasteiger partial charge in [0, 0.05) is 13.0 Å². The van der Waals surface area contributed by atoms with E-state index >= 15 is 0 Å². The molecule has 4 heteroatoms. The van der Waals surface area contributed by atoms with Crippen molar-refractivity contribution in [2.75, 3.05) is 6.61 Å². The molecule has 0 spiro atoms. The molecule has 0 atom stereocenters. The summed E-state index contributed by atoms with van der Waals surface area (Å²) in [5, 5.41) is 2.63. The monoisotopic (exact) mass is 474 g/mol. The van der Waals surface area contributed by atoms with E-state index in [9.17, 15) is 4.79 Å². The highest BCUT2D eigenvalue weighted by Crippen LogP contribution is 2.36. The van der Waals surface area contributed by atoms with E-state index in [1.54, 1.807) is 0 Å². The molecule has 0 saturated heterocycles. The van der Waals surface area contributed by atoms with Crippen molar-refractivity contribution in [3.8, 4) is 0 Å². The number of unbranched alkanes of at least 4 members (excludes halogenated alkanes) is 3. The minimum absolute atomic E-state index is 0.00177. The summed E-state index contributed by atoms with van der Waals surface area (Å²) in [6, 6.07) is 31.3. The number of ether oxygens (including phenoxy) is 1. The second kappa shape index (κ2) is 12.7. The topological polar surface area (TPSA) is 35.5 Å². The minimum atomic E-state index is -2.45. The van der Waals surface area contributed by atoms with E-state index < -0.39 is 8.32 Å². The average Bonchev–Trinajstić information content (AvgIpc) is 2.85. The molecule has 0 aliphatic heterocycles. The number of esters is 1. The fraction of sp³-hybridized carbons (Fsp3) is 0.367. The average molecular weight is 475 g/mol. The van der Waals surface area contributed by atoms with Gasteiger partial charge in [-0.15, -0.1) is 0 Å². The Hall–Kier alpha value is -2.69. The van der Waals surface area contributed by atoms with Gasteiger partial charge in [-0.1, -0.05) is 125 Å². The first-order chi connectivity index (χ1) is 16.4. The smallest absolute Gasteiger partial charge is 0.306 e. The van der Waals surface area contributed by atoms with Crippen molar-refractivity contribution in [1.82, 2.24) is 0 Å². The van der Waals surface area contributed by atoms with E-state index in [0.29, 0.717) is 13.0 Å². The molecule has 3 nitrogen and oxygen atoms in total. The number of rotatable bonds is 12. The Bertz CT molecular complexity index is 942. The maximum atomic E-state index is 12.0. The first-order valence-electron chi connectivity index (χ1n) is 12.4. The zero-order chi connectivity index (χ0) is 24.3. The Morgan fingerprint density at radius 2 is 1.21 bits per heavy atom. The van der Waals surface area contributed by atoms with Crippen LogP contribution in [0.5, 0.6) is 0 Å². The molecule has 0 bridgehead atoms. The van der Waals surface area contributed by atoms with E-state index in [4.69, 9.17) is 9.16 Å². The predicted molar refractivity (Wildman–Crippen MR) is 143 cm³/mol. The summed E-state index contributed by atoms with van der Waals surface area (Å²) >= 11 is 0. The van der Waals surface area contributed by atoms with Gasteiger partial charge in [0.2, 0.25) is 0 Å². The molecule has 0 aliphatic rings. The second-order valence-corrected chi connectivity index (χ2v) is 14.1. The summed E-state index contributed by atoms with van der Waals surface area (Å²) < 4.78 is 12.3. The normalized spacial score (nSPS) is 11.9. The SMILES string of the molecule is CC(C)(C)[Si](OCCCCCCC(=O)OCc1ccccc1)(c1ccccc1)c1ccccc1. The largest absolute Gasteiger partial charge is 0.461 e. The number of carbonyl (C=O) groups is 1. The van der Waals surface area contributed by atoms with Gasteiger partial charge < -0.3 is 9.16 Å². The van der Waals surface area contributed by atoms with E-state index in [1.165, 1.54) is 10.4 Å². The molecular weight excluding hydrogens is 436 g/mol. The molecule has 0 amide bonds. The van der Waals surface area contributed by atoms with Gasteiger partial charge in [0.15, 0.2) is 0 Å². The Labute approximate surface area is 206 Å². The Balaban J connectivity index is 1.50. The molecule has 34 heavy (non-hydrogen) atoms. The van der Waals surface area contributed by atoms with Crippen molar-refractivity contribution < 1.29 is 14.0 Å². The van der Waals surface area contributed by atoms with Gasteiger partial charge in [0.1, 0.15) is 6.61 Å².